The quantitative estimate of drug-likeness (QED) is 0.628. The van der Waals surface area contributed by atoms with Gasteiger partial charge in [-0.3, -0.25) is 4.79 Å². The third-order valence-corrected chi connectivity index (χ3v) is 6.67. The molecule has 0 atom stereocenters. The molecule has 1 aromatic heterocycles. The largest absolute Gasteiger partial charge is 0.287 e. The second kappa shape index (κ2) is 6.23. The van der Waals surface area contributed by atoms with Gasteiger partial charge in [-0.25, -0.2) is 12.7 Å². The summed E-state index contributed by atoms with van der Waals surface area (Å²) in [5, 5.41) is 3.76. The van der Waals surface area contributed by atoms with Gasteiger partial charge in [0.1, 0.15) is 5.70 Å². The highest BCUT2D eigenvalue weighted by molar-refractivity contribution is 7.93. The monoisotopic (exact) mass is 381 g/mol. The normalized spacial score (nSPS) is 15.5. The maximum Gasteiger partial charge on any atom is 0.268 e. The molecule has 6 heteroatoms. The number of para-hydroxylation sites is 1. The number of ketones is 1. The van der Waals surface area contributed by atoms with Crippen molar-refractivity contribution in [2.24, 2.45) is 0 Å². The van der Waals surface area contributed by atoms with Crippen molar-refractivity contribution in [1.29, 1.82) is 0 Å². The average Bonchev–Trinajstić information content (AvgIpc) is 3.23. The van der Waals surface area contributed by atoms with E-state index in [0.29, 0.717) is 11.3 Å². The van der Waals surface area contributed by atoms with Crippen molar-refractivity contribution in [3.05, 3.63) is 87.7 Å². The van der Waals surface area contributed by atoms with E-state index < -0.39 is 10.0 Å². The molecular weight excluding hydrogens is 366 g/mol. The summed E-state index contributed by atoms with van der Waals surface area (Å²) in [6.45, 7) is 1.90. The number of nitrogens with zero attached hydrogens (tertiary/aromatic N) is 1. The second-order valence-corrected chi connectivity index (χ2v) is 8.58. The van der Waals surface area contributed by atoms with Crippen LogP contribution in [0.25, 0.3) is 6.08 Å². The molecule has 0 fully saturated rings. The Bertz CT molecular complexity index is 1110. The summed E-state index contributed by atoms with van der Waals surface area (Å²) < 4.78 is 27.8. The van der Waals surface area contributed by atoms with Crippen LogP contribution >= 0.6 is 11.3 Å². The Balaban J connectivity index is 1.93. The molecule has 1 aliphatic rings. The predicted molar refractivity (Wildman–Crippen MR) is 104 cm³/mol. The smallest absolute Gasteiger partial charge is 0.268 e. The van der Waals surface area contributed by atoms with Gasteiger partial charge in [0.05, 0.1) is 10.6 Å². The van der Waals surface area contributed by atoms with Gasteiger partial charge in [0.2, 0.25) is 5.78 Å². The summed E-state index contributed by atoms with van der Waals surface area (Å²) >= 11 is 1.49. The number of hydrogen-bond donors (Lipinski definition) is 0. The number of fused-ring (bicyclic) bond motifs is 1. The summed E-state index contributed by atoms with van der Waals surface area (Å²) in [7, 11) is -3.91. The molecule has 1 aliphatic heterocycles. The Hall–Kier alpha value is -2.70. The fourth-order valence-corrected chi connectivity index (χ4v) is 5.04. The average molecular weight is 381 g/mol. The van der Waals surface area contributed by atoms with Gasteiger partial charge in [0.15, 0.2) is 0 Å². The summed E-state index contributed by atoms with van der Waals surface area (Å²) in [6, 6.07) is 15.3. The van der Waals surface area contributed by atoms with E-state index in [0.717, 1.165) is 15.4 Å². The highest BCUT2D eigenvalue weighted by Crippen LogP contribution is 2.39. The van der Waals surface area contributed by atoms with Gasteiger partial charge in [-0.1, -0.05) is 29.8 Å². The first kappa shape index (κ1) is 16.8. The van der Waals surface area contributed by atoms with Crippen molar-refractivity contribution >= 4 is 38.9 Å². The first-order valence-corrected chi connectivity index (χ1v) is 10.4. The van der Waals surface area contributed by atoms with Gasteiger partial charge in [-0.15, -0.1) is 0 Å². The Morgan fingerprint density at radius 3 is 2.42 bits per heavy atom. The SMILES string of the molecule is Cc1ccc(S(=O)(=O)N2/C(=C\c3ccsc3)C(=O)c3ccccc32)cc1. The van der Waals surface area contributed by atoms with E-state index in [1.165, 1.54) is 11.3 Å². The zero-order valence-corrected chi connectivity index (χ0v) is 15.5. The first-order chi connectivity index (χ1) is 12.5. The topological polar surface area (TPSA) is 54.5 Å². The van der Waals surface area contributed by atoms with Crippen LogP contribution < -0.4 is 4.31 Å². The fourth-order valence-electron chi connectivity index (χ4n) is 2.92. The van der Waals surface area contributed by atoms with Crippen LogP contribution in [0.2, 0.25) is 0 Å². The van der Waals surface area contributed by atoms with E-state index in [2.05, 4.69) is 0 Å². The van der Waals surface area contributed by atoms with Crippen LogP contribution in [0.5, 0.6) is 0 Å². The zero-order valence-electron chi connectivity index (χ0n) is 13.9. The van der Waals surface area contributed by atoms with E-state index >= 15 is 0 Å². The van der Waals surface area contributed by atoms with Crippen molar-refractivity contribution in [3.8, 4) is 0 Å². The number of carbonyl (C=O) groups is 1. The minimum atomic E-state index is -3.91. The Morgan fingerprint density at radius 2 is 1.73 bits per heavy atom. The van der Waals surface area contributed by atoms with Gasteiger partial charge >= 0.3 is 0 Å². The molecule has 3 aromatic rings. The Labute approximate surface area is 156 Å². The highest BCUT2D eigenvalue weighted by Gasteiger charge is 2.40. The van der Waals surface area contributed by atoms with Crippen LogP contribution in [0, 0.1) is 6.92 Å². The minimum absolute atomic E-state index is 0.144. The molecular formula is C20H15NO3S2. The van der Waals surface area contributed by atoms with E-state index in [-0.39, 0.29) is 16.4 Å². The molecule has 0 saturated carbocycles. The maximum atomic E-state index is 13.3. The lowest BCUT2D eigenvalue weighted by Gasteiger charge is -2.20. The number of anilines is 1. The van der Waals surface area contributed by atoms with Crippen LogP contribution in [0.4, 0.5) is 5.69 Å². The summed E-state index contributed by atoms with van der Waals surface area (Å²) in [5.74, 6) is -0.289. The van der Waals surface area contributed by atoms with Gasteiger partial charge in [0, 0.05) is 5.56 Å². The molecule has 4 rings (SSSR count). The van der Waals surface area contributed by atoms with E-state index in [9.17, 15) is 13.2 Å². The molecule has 0 unspecified atom stereocenters. The molecule has 26 heavy (non-hydrogen) atoms. The molecule has 4 nitrogen and oxygen atoms in total. The lowest BCUT2D eigenvalue weighted by Crippen LogP contribution is -2.28. The maximum absolute atomic E-state index is 13.3. The third-order valence-electron chi connectivity index (χ3n) is 4.22. The van der Waals surface area contributed by atoms with E-state index in [1.54, 1.807) is 54.6 Å². The number of Topliss-reactive ketones (excluding diaryl/α,β-unsaturated/α-hetero) is 1. The molecule has 2 aromatic carbocycles. The minimum Gasteiger partial charge on any atom is -0.287 e. The Kier molecular flexibility index (Phi) is 4.01. The third kappa shape index (κ3) is 2.67. The van der Waals surface area contributed by atoms with E-state index in [4.69, 9.17) is 0 Å². The molecule has 0 spiro atoms. The van der Waals surface area contributed by atoms with Crippen molar-refractivity contribution in [2.75, 3.05) is 4.31 Å². The second-order valence-electron chi connectivity index (χ2n) is 6.02. The lowest BCUT2D eigenvalue weighted by atomic mass is 10.1. The van der Waals surface area contributed by atoms with Gasteiger partial charge in [-0.2, -0.15) is 11.3 Å². The lowest BCUT2D eigenvalue weighted by molar-refractivity contribution is 0.104. The summed E-state index contributed by atoms with van der Waals surface area (Å²) in [6.07, 6.45) is 1.63. The van der Waals surface area contributed by atoms with Crippen LogP contribution in [-0.4, -0.2) is 14.2 Å². The molecule has 0 aliphatic carbocycles. The Morgan fingerprint density at radius 1 is 1.00 bits per heavy atom. The van der Waals surface area contributed by atoms with Crippen molar-refractivity contribution in [3.63, 3.8) is 0 Å². The van der Waals surface area contributed by atoms with Crippen molar-refractivity contribution in [2.45, 2.75) is 11.8 Å². The zero-order chi connectivity index (χ0) is 18.3. The van der Waals surface area contributed by atoms with E-state index in [1.807, 2.05) is 23.8 Å². The number of allylic oxidation sites excluding steroid dienone is 1. The highest BCUT2D eigenvalue weighted by atomic mass is 32.2. The van der Waals surface area contributed by atoms with Crippen LogP contribution in [0.15, 0.2) is 75.9 Å². The number of sulfonamides is 1. The number of hydrogen-bond acceptors (Lipinski definition) is 4. The number of thiophene rings is 1. The van der Waals surface area contributed by atoms with Gasteiger partial charge in [0.25, 0.3) is 10.0 Å². The molecule has 0 saturated heterocycles. The molecule has 2 heterocycles. The number of benzene rings is 2. The van der Waals surface area contributed by atoms with Crippen molar-refractivity contribution in [1.82, 2.24) is 0 Å². The molecule has 0 N–H and O–H groups in total. The van der Waals surface area contributed by atoms with Crippen LogP contribution in [-0.2, 0) is 10.0 Å². The molecule has 0 bridgehead atoms. The number of rotatable bonds is 3. The summed E-state index contributed by atoms with van der Waals surface area (Å²) in [4.78, 5) is 13.1. The number of aryl methyl sites for hydroxylation is 1. The fraction of sp³-hybridized carbons (Fsp3) is 0.0500. The van der Waals surface area contributed by atoms with Crippen molar-refractivity contribution < 1.29 is 13.2 Å². The molecule has 0 radical (unpaired) electrons. The molecule has 130 valence electrons. The first-order valence-electron chi connectivity index (χ1n) is 7.98. The molecule has 0 amide bonds. The van der Waals surface area contributed by atoms with Gasteiger partial charge in [-0.05, 0) is 59.7 Å². The number of carbonyl (C=O) groups excluding carboxylic acids is 1. The van der Waals surface area contributed by atoms with Crippen LogP contribution in [0.3, 0.4) is 0 Å². The standard InChI is InChI=1S/C20H15NO3S2/c1-14-6-8-16(9-7-14)26(23,24)21-18-5-3-2-4-17(18)20(22)19(21)12-15-10-11-25-13-15/h2-13H,1H3/b19-12-. The summed E-state index contributed by atoms with van der Waals surface area (Å²) in [5.41, 5.74) is 2.69. The van der Waals surface area contributed by atoms with Crippen LogP contribution in [0.1, 0.15) is 21.5 Å². The van der Waals surface area contributed by atoms with Gasteiger partial charge < -0.3 is 0 Å². The predicted octanol–water partition coefficient (Wildman–Crippen LogP) is 4.49.